The van der Waals surface area contributed by atoms with Crippen LogP contribution >= 0.6 is 11.6 Å². The predicted octanol–water partition coefficient (Wildman–Crippen LogP) is 6.98. The molecule has 4 aromatic heterocycles. The number of morpholine rings is 4. The van der Waals surface area contributed by atoms with Crippen LogP contribution in [0, 0.1) is 0 Å². The van der Waals surface area contributed by atoms with Gasteiger partial charge in [-0.05, 0) is 107 Å². The lowest BCUT2D eigenvalue weighted by Gasteiger charge is -2.40. The van der Waals surface area contributed by atoms with Crippen molar-refractivity contribution in [1.29, 1.82) is 0 Å². The Hall–Kier alpha value is -5.38. The highest BCUT2D eigenvalue weighted by Crippen LogP contribution is 2.38. The lowest BCUT2D eigenvalue weighted by atomic mass is 9.77. The van der Waals surface area contributed by atoms with E-state index < -0.39 is 31.2 Å². The quantitative estimate of drug-likeness (QED) is 0.0734. The maximum absolute atomic E-state index is 13.8. The maximum atomic E-state index is 13.8. The van der Waals surface area contributed by atoms with Crippen molar-refractivity contribution < 1.29 is 45.8 Å². The first-order valence-corrected chi connectivity index (χ1v) is 26.3. The summed E-state index contributed by atoms with van der Waals surface area (Å²) in [6, 6.07) is 2.43. The zero-order valence-corrected chi connectivity index (χ0v) is 48.0. The highest BCUT2D eigenvalue weighted by molar-refractivity contribution is 6.62. The van der Waals surface area contributed by atoms with Crippen LogP contribution in [0.5, 0.6) is 0 Å². The largest absolute Gasteiger partial charge is 0.496 e. The Balaban J connectivity index is 0.000000173. The van der Waals surface area contributed by atoms with Crippen molar-refractivity contribution in [3.05, 3.63) is 40.9 Å². The Bertz CT molecular complexity index is 2640. The van der Waals surface area contributed by atoms with E-state index in [1.807, 2.05) is 65.2 Å². The number of halogens is 5. The summed E-state index contributed by atoms with van der Waals surface area (Å²) in [5.41, 5.74) is 3.18. The number of aliphatic imine (C=N–C) groups is 1. The molecule has 0 atom stereocenters. The number of nitrogens with zero attached hydrogens (tertiary/aromatic N) is 14. The first-order chi connectivity index (χ1) is 36.3. The van der Waals surface area contributed by atoms with E-state index in [-0.39, 0.29) is 67.3 Å². The zero-order valence-electron chi connectivity index (χ0n) is 47.3. The van der Waals surface area contributed by atoms with E-state index in [0.717, 1.165) is 26.2 Å². The molecule has 428 valence electrons. The van der Waals surface area contributed by atoms with E-state index in [0.29, 0.717) is 76.4 Å². The fourth-order valence-corrected chi connectivity index (χ4v) is 9.20. The molecule has 21 nitrogen and oxygen atoms in total. The first kappa shape index (κ1) is 60.3. The third-order valence-electron chi connectivity index (χ3n) is 13.6. The van der Waals surface area contributed by atoms with Gasteiger partial charge in [-0.15, -0.1) is 0 Å². The smallest absolute Gasteiger partial charge is 0.399 e. The van der Waals surface area contributed by atoms with Crippen molar-refractivity contribution in [2.45, 2.75) is 130 Å². The van der Waals surface area contributed by atoms with Crippen molar-refractivity contribution in [2.24, 2.45) is 4.99 Å². The molecule has 5 aliphatic heterocycles. The zero-order chi connectivity index (χ0) is 57.2. The van der Waals surface area contributed by atoms with Crippen molar-refractivity contribution in [3.8, 4) is 11.4 Å². The number of nitrogens with two attached hydrogens (primary N) is 1. The van der Waals surface area contributed by atoms with Gasteiger partial charge in [-0.1, -0.05) is 0 Å². The fourth-order valence-electron chi connectivity index (χ4n) is 9.04. The molecule has 4 aromatic rings. The third kappa shape index (κ3) is 15.5. The molecule has 0 aliphatic carbocycles. The van der Waals surface area contributed by atoms with Crippen molar-refractivity contribution in [2.75, 3.05) is 118 Å². The van der Waals surface area contributed by atoms with Gasteiger partial charge < -0.3 is 58.5 Å². The van der Waals surface area contributed by atoms with Gasteiger partial charge in [0.15, 0.2) is 11.6 Å². The van der Waals surface area contributed by atoms with Crippen LogP contribution in [0.15, 0.2) is 29.5 Å². The molecule has 0 unspecified atom stereocenters. The molecule has 27 heteroatoms. The number of pyridine rings is 2. The second-order valence-electron chi connectivity index (χ2n) is 23.3. The molecule has 5 saturated heterocycles. The lowest BCUT2D eigenvalue weighted by molar-refractivity contribution is -0.0291. The Morgan fingerprint density at radius 2 is 0.987 bits per heavy atom. The Kier molecular flexibility index (Phi) is 18.4. The van der Waals surface area contributed by atoms with Crippen LogP contribution in [-0.4, -0.2) is 185 Å². The molecule has 0 bridgehead atoms. The minimum Gasteiger partial charge on any atom is -0.399 e. The molecule has 0 saturated carbocycles. The molecule has 5 fully saturated rings. The van der Waals surface area contributed by atoms with Gasteiger partial charge in [-0.2, -0.15) is 29.9 Å². The van der Waals surface area contributed by atoms with Crippen LogP contribution in [0.4, 0.5) is 53.0 Å². The number of nitrogen functional groups attached to an aromatic ring is 1. The highest BCUT2D eigenvalue weighted by Gasteiger charge is 2.53. The minimum atomic E-state index is -2.75. The molecule has 0 spiro atoms. The van der Waals surface area contributed by atoms with Crippen LogP contribution in [0.3, 0.4) is 0 Å². The molecule has 0 radical (unpaired) electrons. The molecule has 5 aliphatic rings. The molecule has 0 amide bonds. The Labute approximate surface area is 460 Å². The molecular formula is C51H75BClF4N15O6. The van der Waals surface area contributed by atoms with Crippen LogP contribution in [-0.2, 0) is 28.3 Å². The maximum Gasteiger partial charge on any atom is 0.496 e. The van der Waals surface area contributed by atoms with Gasteiger partial charge in [0.25, 0.3) is 12.9 Å². The number of anilines is 5. The van der Waals surface area contributed by atoms with Gasteiger partial charge in [0.2, 0.25) is 29.1 Å². The predicted molar refractivity (Wildman–Crippen MR) is 293 cm³/mol. The molecule has 9 heterocycles. The summed E-state index contributed by atoms with van der Waals surface area (Å²) in [7, 11) is 2.70. The van der Waals surface area contributed by atoms with Gasteiger partial charge in [0, 0.05) is 101 Å². The van der Waals surface area contributed by atoms with Crippen LogP contribution in [0.25, 0.3) is 11.4 Å². The number of rotatable bonds is 10. The summed E-state index contributed by atoms with van der Waals surface area (Å²) >= 11 is 6.15. The number of ether oxygens (including phenoxy) is 4. The van der Waals surface area contributed by atoms with E-state index >= 15 is 0 Å². The van der Waals surface area contributed by atoms with E-state index in [9.17, 15) is 17.6 Å². The summed E-state index contributed by atoms with van der Waals surface area (Å²) in [6.45, 7) is 31.3. The minimum absolute atomic E-state index is 0.0170. The SMILES string of the molecule is CC1(C)CN(c2nc(-c3cnc(N)cc3C(F)F)nc(N3CCOC(C)(C)C3)n2)CCO1.CC1(C)CN(c2nc(Cl)nc(N3CCOC(C)(C)C3)n2)CCO1.CN(C)C=Nc1cc(C(F)F)c(B2OC(C)(C)C(C)(C)O2)cn1. The summed E-state index contributed by atoms with van der Waals surface area (Å²) in [6.07, 6.45) is -1.26. The number of aromatic nitrogens is 8. The average Bonchev–Trinajstić information content (AvgIpc) is 3.60. The van der Waals surface area contributed by atoms with Gasteiger partial charge in [0.1, 0.15) is 5.82 Å². The van der Waals surface area contributed by atoms with Crippen molar-refractivity contribution in [3.63, 3.8) is 0 Å². The summed E-state index contributed by atoms with van der Waals surface area (Å²) in [5.74, 6) is 2.44. The van der Waals surface area contributed by atoms with E-state index in [2.05, 4.69) is 77.4 Å². The summed E-state index contributed by atoms with van der Waals surface area (Å²) in [4.78, 5) is 49.2. The topological polar surface area (TPSA) is 213 Å². The fraction of sp³-hybridized carbons (Fsp3) is 0.667. The van der Waals surface area contributed by atoms with Crippen molar-refractivity contribution >= 4 is 65.9 Å². The van der Waals surface area contributed by atoms with Crippen LogP contribution in [0.1, 0.15) is 107 Å². The standard InChI is InChI=1S/C21H29F2N7O2.C15H22BF2N3O2.C15H24ClN5O2/c1-20(2)11-29(5-7-31-20)18-26-17(14-10-25-15(24)9-13(14)16(22)23)27-19(28-18)30-6-8-32-21(3,4)12-30;1-14(2)15(3,4)23-16(22-14)11-8-19-12(20-9-21(5)6)7-10(11)13(17)18;1-14(2)9-20(5-7-22-14)12-17-11(16)18-13(19-12)21-6-8-23-15(3,4)10-21/h9-10,16H,5-8,11-12H2,1-4H3,(H2,24,25);7-9,13H,1-6H3;5-10H2,1-4H3. The highest BCUT2D eigenvalue weighted by atomic mass is 35.5. The molecule has 0 aromatic carbocycles. The third-order valence-corrected chi connectivity index (χ3v) is 13.7. The van der Waals surface area contributed by atoms with E-state index in [1.165, 1.54) is 30.9 Å². The molecule has 2 N–H and O–H groups in total. The van der Waals surface area contributed by atoms with Gasteiger partial charge >= 0.3 is 7.12 Å². The van der Waals surface area contributed by atoms with E-state index in [4.69, 9.17) is 50.6 Å². The Morgan fingerprint density at radius 1 is 0.590 bits per heavy atom. The molecular weight excluding hydrogens is 1040 g/mol. The number of hydrogen-bond acceptors (Lipinski definition) is 20. The lowest BCUT2D eigenvalue weighted by Crippen LogP contribution is -2.50. The summed E-state index contributed by atoms with van der Waals surface area (Å²) in [5, 5.41) is 0.221. The monoisotopic (exact) mass is 1120 g/mol. The van der Waals surface area contributed by atoms with Crippen molar-refractivity contribution in [1.82, 2.24) is 44.8 Å². The Morgan fingerprint density at radius 3 is 1.36 bits per heavy atom. The molecule has 9 rings (SSSR count). The van der Waals surface area contributed by atoms with E-state index in [1.54, 1.807) is 19.0 Å². The van der Waals surface area contributed by atoms with Crippen LogP contribution < -0.4 is 30.8 Å². The summed E-state index contributed by atoms with van der Waals surface area (Å²) < 4.78 is 89.3. The van der Waals surface area contributed by atoms with Gasteiger partial charge in [0.05, 0.1) is 66.4 Å². The number of hydrogen-bond donors (Lipinski definition) is 1. The second kappa shape index (κ2) is 23.8. The van der Waals surface area contributed by atoms with Crippen LogP contribution in [0.2, 0.25) is 5.28 Å². The normalized spacial score (nSPS) is 21.3. The average molecular weight is 1120 g/mol. The number of alkyl halides is 4. The molecule has 78 heavy (non-hydrogen) atoms. The second-order valence-corrected chi connectivity index (χ2v) is 23.7. The first-order valence-electron chi connectivity index (χ1n) is 25.9. The van der Waals surface area contributed by atoms with Gasteiger partial charge in [-0.3, -0.25) is 0 Å². The van der Waals surface area contributed by atoms with Gasteiger partial charge in [-0.25, -0.2) is 32.5 Å².